The second-order valence-corrected chi connectivity index (χ2v) is 15.0. The molecule has 4 aromatic heterocycles. The third kappa shape index (κ3) is 4.61. The van der Waals surface area contributed by atoms with E-state index in [2.05, 4.69) is 121 Å². The Balaban J connectivity index is 1.04. The van der Waals surface area contributed by atoms with Crippen LogP contribution in [0.3, 0.4) is 0 Å². The van der Waals surface area contributed by atoms with E-state index in [1.807, 2.05) is 41.7 Å². The van der Waals surface area contributed by atoms with E-state index >= 15 is 0 Å². The molecule has 0 amide bonds. The molecule has 7 aromatic carbocycles. The minimum atomic E-state index is 0.658. The highest BCUT2D eigenvalue weighted by Crippen LogP contribution is 2.41. The molecular formula is C45H25N3OS2. The van der Waals surface area contributed by atoms with Crippen LogP contribution >= 0.6 is 22.7 Å². The standard InChI is InChI=1S/C45H25N3OS2/c1-2-9-26(10-3-1)43-46-44(28-19-22-39-36(23-28)32-12-5-7-16-38(32)50-39)48-45(47-43)29-18-21-34-33-20-17-27(24-40(33)51-41(34)25-29)30-13-8-14-35-31-11-4-6-15-37(31)49-42(30)35/h1-25H. The number of furan rings is 1. The molecule has 11 rings (SSSR count). The van der Waals surface area contributed by atoms with Gasteiger partial charge in [-0.2, -0.15) is 0 Å². The highest BCUT2D eigenvalue weighted by Gasteiger charge is 2.17. The zero-order valence-electron chi connectivity index (χ0n) is 27.0. The maximum atomic E-state index is 6.38. The molecule has 11 aromatic rings. The summed E-state index contributed by atoms with van der Waals surface area (Å²) in [4.78, 5) is 15.2. The predicted molar refractivity (Wildman–Crippen MR) is 215 cm³/mol. The summed E-state index contributed by atoms with van der Waals surface area (Å²) in [7, 11) is 0. The molecule has 0 unspecified atom stereocenters. The van der Waals surface area contributed by atoms with Gasteiger partial charge in [0.2, 0.25) is 0 Å². The predicted octanol–water partition coefficient (Wildman–Crippen LogP) is 13.2. The fraction of sp³-hybridized carbons (Fsp3) is 0. The van der Waals surface area contributed by atoms with Crippen LogP contribution in [-0.2, 0) is 0 Å². The zero-order valence-corrected chi connectivity index (χ0v) is 28.6. The average molecular weight is 688 g/mol. The average Bonchev–Trinajstić information content (AvgIpc) is 3.88. The van der Waals surface area contributed by atoms with Gasteiger partial charge < -0.3 is 4.42 Å². The van der Waals surface area contributed by atoms with Gasteiger partial charge in [-0.3, -0.25) is 0 Å². The number of para-hydroxylation sites is 2. The Bertz CT molecular complexity index is 3160. The first-order valence-electron chi connectivity index (χ1n) is 16.8. The van der Waals surface area contributed by atoms with E-state index in [-0.39, 0.29) is 0 Å². The molecule has 0 atom stereocenters. The van der Waals surface area contributed by atoms with Gasteiger partial charge >= 0.3 is 0 Å². The molecule has 0 spiro atoms. The lowest BCUT2D eigenvalue weighted by atomic mass is 10.0. The summed E-state index contributed by atoms with van der Waals surface area (Å²) in [5, 5.41) is 7.21. The highest BCUT2D eigenvalue weighted by atomic mass is 32.1. The van der Waals surface area contributed by atoms with Crippen molar-refractivity contribution < 1.29 is 4.42 Å². The van der Waals surface area contributed by atoms with Crippen LogP contribution in [0.25, 0.3) is 108 Å². The van der Waals surface area contributed by atoms with E-state index in [1.54, 1.807) is 11.3 Å². The number of rotatable bonds is 4. The number of hydrogen-bond acceptors (Lipinski definition) is 6. The molecule has 0 aliphatic carbocycles. The highest BCUT2D eigenvalue weighted by molar-refractivity contribution is 7.26. The lowest BCUT2D eigenvalue weighted by molar-refractivity contribution is 0.670. The minimum absolute atomic E-state index is 0.658. The fourth-order valence-corrected chi connectivity index (χ4v) is 9.54. The minimum Gasteiger partial charge on any atom is -0.455 e. The summed E-state index contributed by atoms with van der Waals surface area (Å²) < 4.78 is 11.3. The van der Waals surface area contributed by atoms with Crippen molar-refractivity contribution in [3.05, 3.63) is 152 Å². The number of fused-ring (bicyclic) bond motifs is 9. The zero-order chi connectivity index (χ0) is 33.5. The van der Waals surface area contributed by atoms with Crippen LogP contribution in [0.5, 0.6) is 0 Å². The van der Waals surface area contributed by atoms with Crippen molar-refractivity contribution >= 4 is 85.0 Å². The SMILES string of the molecule is c1ccc(-c2nc(-c3ccc4c(c3)sc3cc(-c5cccc6c5oc5ccccc56)ccc34)nc(-c3ccc4sc5ccccc5c4c3)n2)cc1. The molecular weight excluding hydrogens is 663 g/mol. The van der Waals surface area contributed by atoms with Crippen molar-refractivity contribution in [1.29, 1.82) is 0 Å². The number of hydrogen-bond donors (Lipinski definition) is 0. The van der Waals surface area contributed by atoms with Gasteiger partial charge in [-0.25, -0.2) is 15.0 Å². The van der Waals surface area contributed by atoms with Crippen LogP contribution in [0.2, 0.25) is 0 Å². The van der Waals surface area contributed by atoms with Gasteiger partial charge in [-0.1, -0.05) is 109 Å². The number of aromatic nitrogens is 3. The van der Waals surface area contributed by atoms with Gasteiger partial charge in [-0.05, 0) is 48.0 Å². The Labute approximate surface area is 299 Å². The van der Waals surface area contributed by atoms with Crippen LogP contribution in [0.1, 0.15) is 0 Å². The molecule has 0 aliphatic rings. The summed E-state index contributed by atoms with van der Waals surface area (Å²) in [6.07, 6.45) is 0. The van der Waals surface area contributed by atoms with Gasteiger partial charge in [0, 0.05) is 73.4 Å². The first-order chi connectivity index (χ1) is 25.2. The van der Waals surface area contributed by atoms with Crippen molar-refractivity contribution in [3.63, 3.8) is 0 Å². The fourth-order valence-electron chi connectivity index (χ4n) is 7.27. The van der Waals surface area contributed by atoms with Crippen LogP contribution in [0, 0.1) is 0 Å². The van der Waals surface area contributed by atoms with E-state index in [0.717, 1.165) is 49.8 Å². The van der Waals surface area contributed by atoms with Crippen LogP contribution < -0.4 is 0 Å². The molecule has 0 saturated carbocycles. The van der Waals surface area contributed by atoms with E-state index in [4.69, 9.17) is 19.4 Å². The van der Waals surface area contributed by atoms with Crippen molar-refractivity contribution in [2.45, 2.75) is 0 Å². The smallest absolute Gasteiger partial charge is 0.164 e. The number of benzene rings is 7. The van der Waals surface area contributed by atoms with E-state index in [9.17, 15) is 0 Å². The van der Waals surface area contributed by atoms with Crippen LogP contribution in [0.4, 0.5) is 0 Å². The Morgan fingerprint density at radius 3 is 1.75 bits per heavy atom. The lowest BCUT2D eigenvalue weighted by Gasteiger charge is -2.09. The monoisotopic (exact) mass is 687 g/mol. The number of nitrogens with zero attached hydrogens (tertiary/aromatic N) is 3. The molecule has 4 nitrogen and oxygen atoms in total. The van der Waals surface area contributed by atoms with Gasteiger partial charge in [0.15, 0.2) is 17.5 Å². The maximum absolute atomic E-state index is 6.38. The Morgan fingerprint density at radius 1 is 0.353 bits per heavy atom. The quantitative estimate of drug-likeness (QED) is 0.185. The summed E-state index contributed by atoms with van der Waals surface area (Å²) in [5.74, 6) is 1.98. The van der Waals surface area contributed by atoms with Crippen molar-refractivity contribution in [1.82, 2.24) is 15.0 Å². The van der Waals surface area contributed by atoms with E-state index in [0.29, 0.717) is 17.5 Å². The van der Waals surface area contributed by atoms with Gasteiger partial charge in [-0.15, -0.1) is 22.7 Å². The Hall–Kier alpha value is -6.21. The summed E-state index contributed by atoms with van der Waals surface area (Å²) in [5.41, 5.74) is 6.97. The molecule has 0 bridgehead atoms. The Kier molecular flexibility index (Phi) is 6.26. The molecule has 6 heteroatoms. The van der Waals surface area contributed by atoms with E-state index < -0.39 is 0 Å². The summed E-state index contributed by atoms with van der Waals surface area (Å²) in [6.45, 7) is 0. The Morgan fingerprint density at radius 2 is 0.922 bits per heavy atom. The number of thiophene rings is 2. The molecule has 0 saturated heterocycles. The molecule has 0 fully saturated rings. The van der Waals surface area contributed by atoms with Crippen molar-refractivity contribution in [2.75, 3.05) is 0 Å². The molecule has 0 radical (unpaired) electrons. The second kappa shape index (κ2) is 11.2. The lowest BCUT2D eigenvalue weighted by Crippen LogP contribution is -2.00. The maximum Gasteiger partial charge on any atom is 0.164 e. The second-order valence-electron chi connectivity index (χ2n) is 12.8. The molecule has 0 N–H and O–H groups in total. The third-order valence-corrected chi connectivity index (χ3v) is 12.0. The van der Waals surface area contributed by atoms with Gasteiger partial charge in [0.1, 0.15) is 11.2 Å². The molecule has 51 heavy (non-hydrogen) atoms. The summed E-state index contributed by atoms with van der Waals surface area (Å²) in [6, 6.07) is 53.2. The van der Waals surface area contributed by atoms with Gasteiger partial charge in [0.25, 0.3) is 0 Å². The molecule has 0 aliphatic heterocycles. The van der Waals surface area contributed by atoms with Crippen LogP contribution in [0.15, 0.2) is 156 Å². The van der Waals surface area contributed by atoms with Gasteiger partial charge in [0.05, 0.1) is 0 Å². The third-order valence-electron chi connectivity index (χ3n) is 9.75. The largest absolute Gasteiger partial charge is 0.455 e. The summed E-state index contributed by atoms with van der Waals surface area (Å²) >= 11 is 3.61. The first kappa shape index (κ1) is 28.6. The first-order valence-corrected chi connectivity index (χ1v) is 18.5. The van der Waals surface area contributed by atoms with Crippen LogP contribution in [-0.4, -0.2) is 15.0 Å². The molecule has 238 valence electrons. The normalized spacial score (nSPS) is 11.9. The van der Waals surface area contributed by atoms with Crippen molar-refractivity contribution in [3.8, 4) is 45.3 Å². The van der Waals surface area contributed by atoms with Crippen molar-refractivity contribution in [2.24, 2.45) is 0 Å². The topological polar surface area (TPSA) is 51.8 Å². The van der Waals surface area contributed by atoms with E-state index in [1.165, 1.54) is 40.3 Å². The molecule has 4 heterocycles.